The maximum absolute atomic E-state index is 10.2. The summed E-state index contributed by atoms with van der Waals surface area (Å²) in [5.74, 6) is 2.98. The molecular weight excluding hydrogens is 198 g/mol. The lowest BCUT2D eigenvalue weighted by molar-refractivity contribution is 0.0462. The smallest absolute Gasteiger partial charge is 0.0771 e. The summed E-state index contributed by atoms with van der Waals surface area (Å²) in [4.78, 5) is 0. The van der Waals surface area contributed by atoms with Crippen molar-refractivity contribution in [3.63, 3.8) is 0 Å². The number of nitrogens with one attached hydrogen (secondary N) is 1. The minimum absolute atomic E-state index is 0.363. The van der Waals surface area contributed by atoms with Crippen LogP contribution >= 0.6 is 0 Å². The summed E-state index contributed by atoms with van der Waals surface area (Å²) < 4.78 is 0. The highest BCUT2D eigenvalue weighted by atomic mass is 16.3. The molecule has 2 bridgehead atoms. The molecule has 3 aliphatic carbocycles. The third-order valence-electron chi connectivity index (χ3n) is 5.28. The predicted molar refractivity (Wildman–Crippen MR) is 65.2 cm³/mol. The topological polar surface area (TPSA) is 32.3 Å². The zero-order valence-corrected chi connectivity index (χ0v) is 10.3. The average Bonchev–Trinajstić information content (AvgIpc) is 2.94. The maximum Gasteiger partial charge on any atom is 0.0771 e. The molecule has 3 aliphatic rings. The van der Waals surface area contributed by atoms with Crippen LogP contribution in [0.1, 0.15) is 51.4 Å². The minimum atomic E-state index is -0.363. The van der Waals surface area contributed by atoms with Gasteiger partial charge in [0.2, 0.25) is 0 Å². The highest BCUT2D eigenvalue weighted by Crippen LogP contribution is 2.47. The van der Waals surface area contributed by atoms with Crippen LogP contribution in [0.4, 0.5) is 0 Å². The second-order valence-corrected chi connectivity index (χ2v) is 6.50. The van der Waals surface area contributed by atoms with Crippen molar-refractivity contribution in [2.24, 2.45) is 17.8 Å². The molecule has 3 unspecified atom stereocenters. The molecule has 0 aromatic carbocycles. The van der Waals surface area contributed by atoms with E-state index in [1.54, 1.807) is 0 Å². The van der Waals surface area contributed by atoms with Crippen molar-refractivity contribution in [3.05, 3.63) is 0 Å². The third kappa shape index (κ3) is 2.14. The van der Waals surface area contributed by atoms with Crippen LogP contribution in [-0.4, -0.2) is 23.8 Å². The molecular formula is C14H25NO. The lowest BCUT2D eigenvalue weighted by Gasteiger charge is -2.26. The van der Waals surface area contributed by atoms with Gasteiger partial charge in [-0.25, -0.2) is 0 Å². The zero-order chi connectivity index (χ0) is 11.0. The van der Waals surface area contributed by atoms with E-state index in [0.717, 1.165) is 43.7 Å². The molecule has 0 amide bonds. The quantitative estimate of drug-likeness (QED) is 0.766. The average molecular weight is 223 g/mol. The van der Waals surface area contributed by atoms with E-state index in [1.165, 1.54) is 38.5 Å². The van der Waals surface area contributed by atoms with E-state index in [9.17, 15) is 5.11 Å². The third-order valence-corrected chi connectivity index (χ3v) is 5.28. The molecule has 0 saturated heterocycles. The molecule has 0 aliphatic heterocycles. The van der Waals surface area contributed by atoms with E-state index in [0.29, 0.717) is 0 Å². The van der Waals surface area contributed by atoms with Gasteiger partial charge in [0.05, 0.1) is 5.60 Å². The molecule has 92 valence electrons. The Morgan fingerprint density at radius 3 is 2.56 bits per heavy atom. The number of fused-ring (bicyclic) bond motifs is 2. The molecule has 2 N–H and O–H groups in total. The van der Waals surface area contributed by atoms with E-state index < -0.39 is 0 Å². The second-order valence-electron chi connectivity index (χ2n) is 6.50. The predicted octanol–water partition coefficient (Wildman–Crippen LogP) is 2.32. The summed E-state index contributed by atoms with van der Waals surface area (Å²) in [6.45, 7) is 1.99. The Labute approximate surface area is 98.8 Å². The summed E-state index contributed by atoms with van der Waals surface area (Å²) in [7, 11) is 0. The van der Waals surface area contributed by atoms with Crippen molar-refractivity contribution in [1.29, 1.82) is 0 Å². The van der Waals surface area contributed by atoms with Gasteiger partial charge in [-0.05, 0) is 56.4 Å². The first-order valence-corrected chi connectivity index (χ1v) is 7.18. The summed E-state index contributed by atoms with van der Waals surface area (Å²) in [6, 6.07) is 0. The Balaban J connectivity index is 1.40. The maximum atomic E-state index is 10.2. The molecule has 2 heteroatoms. The van der Waals surface area contributed by atoms with Gasteiger partial charge in [0.15, 0.2) is 0 Å². The van der Waals surface area contributed by atoms with Crippen molar-refractivity contribution < 1.29 is 5.11 Å². The lowest BCUT2D eigenvalue weighted by atomic mass is 9.88. The molecule has 0 aromatic rings. The van der Waals surface area contributed by atoms with Crippen molar-refractivity contribution in [1.82, 2.24) is 5.32 Å². The van der Waals surface area contributed by atoms with Gasteiger partial charge in [-0.1, -0.05) is 19.3 Å². The van der Waals surface area contributed by atoms with E-state index in [2.05, 4.69) is 5.32 Å². The first kappa shape index (κ1) is 11.0. The first-order chi connectivity index (χ1) is 7.75. The number of hydrogen-bond acceptors (Lipinski definition) is 2. The van der Waals surface area contributed by atoms with Gasteiger partial charge in [-0.2, -0.15) is 0 Å². The molecule has 0 spiro atoms. The Hall–Kier alpha value is -0.0800. The van der Waals surface area contributed by atoms with Crippen LogP contribution in [0.3, 0.4) is 0 Å². The lowest BCUT2D eigenvalue weighted by Crippen LogP contribution is -2.40. The van der Waals surface area contributed by atoms with Gasteiger partial charge < -0.3 is 10.4 Å². The fraction of sp³-hybridized carbons (Fsp3) is 1.00. The van der Waals surface area contributed by atoms with Gasteiger partial charge in [0.25, 0.3) is 0 Å². The fourth-order valence-corrected chi connectivity index (χ4v) is 4.33. The molecule has 0 radical (unpaired) electrons. The molecule has 16 heavy (non-hydrogen) atoms. The van der Waals surface area contributed by atoms with Gasteiger partial charge in [0, 0.05) is 6.54 Å². The van der Waals surface area contributed by atoms with Crippen LogP contribution in [0.2, 0.25) is 0 Å². The van der Waals surface area contributed by atoms with E-state index in [-0.39, 0.29) is 5.60 Å². The van der Waals surface area contributed by atoms with Crippen LogP contribution in [-0.2, 0) is 0 Å². The zero-order valence-electron chi connectivity index (χ0n) is 10.3. The van der Waals surface area contributed by atoms with Gasteiger partial charge in [-0.15, -0.1) is 0 Å². The largest absolute Gasteiger partial charge is 0.389 e. The molecule has 3 saturated carbocycles. The Bertz CT molecular complexity index is 247. The van der Waals surface area contributed by atoms with Crippen molar-refractivity contribution in [3.8, 4) is 0 Å². The van der Waals surface area contributed by atoms with Crippen molar-refractivity contribution >= 4 is 0 Å². The van der Waals surface area contributed by atoms with Crippen LogP contribution < -0.4 is 5.32 Å². The molecule has 3 atom stereocenters. The molecule has 0 aromatic heterocycles. The van der Waals surface area contributed by atoms with Gasteiger partial charge in [0.1, 0.15) is 0 Å². The normalized spacial score (nSPS) is 40.7. The monoisotopic (exact) mass is 223 g/mol. The summed E-state index contributed by atoms with van der Waals surface area (Å²) in [5.41, 5.74) is -0.363. The van der Waals surface area contributed by atoms with Crippen molar-refractivity contribution in [2.45, 2.75) is 57.0 Å². The summed E-state index contributed by atoms with van der Waals surface area (Å²) >= 11 is 0. The van der Waals surface area contributed by atoms with Crippen LogP contribution in [0.25, 0.3) is 0 Å². The molecule has 3 rings (SSSR count). The van der Waals surface area contributed by atoms with E-state index >= 15 is 0 Å². The Morgan fingerprint density at radius 2 is 1.94 bits per heavy atom. The number of hydrogen-bond donors (Lipinski definition) is 2. The standard InChI is InChI=1S/C14H25NO/c16-14(5-1-2-6-14)10-15-9-13-8-11-3-4-12(13)7-11/h11-13,15-16H,1-10H2. The summed E-state index contributed by atoms with van der Waals surface area (Å²) in [5, 5.41) is 13.8. The van der Waals surface area contributed by atoms with E-state index in [1.807, 2.05) is 0 Å². The van der Waals surface area contributed by atoms with Crippen LogP contribution in [0.15, 0.2) is 0 Å². The van der Waals surface area contributed by atoms with Gasteiger partial charge >= 0.3 is 0 Å². The van der Waals surface area contributed by atoms with Crippen molar-refractivity contribution in [2.75, 3.05) is 13.1 Å². The van der Waals surface area contributed by atoms with Crippen LogP contribution in [0, 0.1) is 17.8 Å². The minimum Gasteiger partial charge on any atom is -0.389 e. The molecule has 2 nitrogen and oxygen atoms in total. The fourth-order valence-electron chi connectivity index (χ4n) is 4.33. The highest BCUT2D eigenvalue weighted by molar-refractivity contribution is 4.92. The molecule has 3 fully saturated rings. The SMILES string of the molecule is OC1(CNCC2CC3CCC2C3)CCCC1. The Morgan fingerprint density at radius 1 is 1.12 bits per heavy atom. The second kappa shape index (κ2) is 4.30. The Kier molecular flexibility index (Phi) is 2.97. The molecule has 0 heterocycles. The first-order valence-electron chi connectivity index (χ1n) is 7.18. The number of aliphatic hydroxyl groups is 1. The van der Waals surface area contributed by atoms with Gasteiger partial charge in [-0.3, -0.25) is 0 Å². The van der Waals surface area contributed by atoms with Crippen LogP contribution in [0.5, 0.6) is 0 Å². The highest BCUT2D eigenvalue weighted by Gasteiger charge is 2.39. The van der Waals surface area contributed by atoms with E-state index in [4.69, 9.17) is 0 Å². The summed E-state index contributed by atoms with van der Waals surface area (Å²) in [6.07, 6.45) is 10.4. The number of rotatable bonds is 4.